The average Bonchev–Trinajstić information content (AvgIpc) is 2.54. The summed E-state index contributed by atoms with van der Waals surface area (Å²) in [5.74, 6) is 0.00976. The van der Waals surface area contributed by atoms with Crippen LogP contribution >= 0.6 is 0 Å². The third-order valence-electron chi connectivity index (χ3n) is 3.64. The normalized spacial score (nSPS) is 11.6. The smallest absolute Gasteiger partial charge is 0.319 e. The summed E-state index contributed by atoms with van der Waals surface area (Å²) in [4.78, 5) is 23.2. The van der Waals surface area contributed by atoms with Crippen LogP contribution in [0.4, 0.5) is 10.5 Å². The van der Waals surface area contributed by atoms with E-state index in [1.807, 2.05) is 25.1 Å². The molecule has 0 aliphatic carbocycles. The molecule has 0 spiro atoms. The second kappa shape index (κ2) is 8.13. The summed E-state index contributed by atoms with van der Waals surface area (Å²) in [5.41, 5.74) is 2.57. The number of nitrogens with one attached hydrogen (secondary N) is 2. The van der Waals surface area contributed by atoms with Crippen LogP contribution in [-0.2, 0) is 6.42 Å². The van der Waals surface area contributed by atoms with Crippen molar-refractivity contribution in [1.82, 2.24) is 5.32 Å². The van der Waals surface area contributed by atoms with Crippen molar-refractivity contribution in [1.29, 1.82) is 0 Å². The zero-order chi connectivity index (χ0) is 16.7. The second-order valence-corrected chi connectivity index (χ2v) is 5.66. The van der Waals surface area contributed by atoms with Gasteiger partial charge in [0.25, 0.3) is 0 Å². The molecular formula is C19H22N2O2. The van der Waals surface area contributed by atoms with Crippen molar-refractivity contribution in [2.75, 3.05) is 5.32 Å². The summed E-state index contributed by atoms with van der Waals surface area (Å²) in [6.45, 7) is 3.50. The zero-order valence-electron chi connectivity index (χ0n) is 13.5. The molecular weight excluding hydrogens is 288 g/mol. The van der Waals surface area contributed by atoms with E-state index in [9.17, 15) is 9.59 Å². The third-order valence-corrected chi connectivity index (χ3v) is 3.64. The van der Waals surface area contributed by atoms with Gasteiger partial charge in [0.15, 0.2) is 5.78 Å². The van der Waals surface area contributed by atoms with Gasteiger partial charge in [-0.15, -0.1) is 0 Å². The van der Waals surface area contributed by atoms with Crippen LogP contribution < -0.4 is 10.6 Å². The predicted molar refractivity (Wildman–Crippen MR) is 92.8 cm³/mol. The standard InChI is InChI=1S/C19H22N2O2/c1-14(8-9-16-6-4-3-5-7-16)20-19(23)21-18-12-10-17(11-13-18)15(2)22/h3-7,10-14H,8-9H2,1-2H3,(H2,20,21,23)/t14-/m1/s1. The lowest BCUT2D eigenvalue weighted by atomic mass is 10.1. The van der Waals surface area contributed by atoms with E-state index in [4.69, 9.17) is 0 Å². The fourth-order valence-electron chi connectivity index (χ4n) is 2.28. The van der Waals surface area contributed by atoms with Crippen molar-refractivity contribution in [2.24, 2.45) is 0 Å². The molecule has 0 aromatic heterocycles. The van der Waals surface area contributed by atoms with Gasteiger partial charge in [0.1, 0.15) is 0 Å². The van der Waals surface area contributed by atoms with Crippen molar-refractivity contribution < 1.29 is 9.59 Å². The molecule has 0 bridgehead atoms. The molecule has 0 saturated heterocycles. The first kappa shape index (κ1) is 16.7. The van der Waals surface area contributed by atoms with Gasteiger partial charge in [-0.25, -0.2) is 4.79 Å². The Kier molecular flexibility index (Phi) is 5.92. The van der Waals surface area contributed by atoms with Gasteiger partial charge in [-0.1, -0.05) is 30.3 Å². The van der Waals surface area contributed by atoms with Crippen molar-refractivity contribution in [3.63, 3.8) is 0 Å². The van der Waals surface area contributed by atoms with Crippen LogP contribution in [0.15, 0.2) is 54.6 Å². The first-order chi connectivity index (χ1) is 11.0. The van der Waals surface area contributed by atoms with Crippen molar-refractivity contribution in [3.05, 3.63) is 65.7 Å². The number of Topliss-reactive ketones (excluding diaryl/α,β-unsaturated/α-hetero) is 1. The molecule has 23 heavy (non-hydrogen) atoms. The van der Waals surface area contributed by atoms with Crippen LogP contribution in [0.2, 0.25) is 0 Å². The number of urea groups is 1. The number of hydrogen-bond acceptors (Lipinski definition) is 2. The molecule has 0 unspecified atom stereocenters. The van der Waals surface area contributed by atoms with Crippen LogP contribution in [-0.4, -0.2) is 17.9 Å². The number of ketones is 1. The molecule has 0 heterocycles. The van der Waals surface area contributed by atoms with Gasteiger partial charge < -0.3 is 10.6 Å². The Labute approximate surface area is 136 Å². The molecule has 0 fully saturated rings. The summed E-state index contributed by atoms with van der Waals surface area (Å²) < 4.78 is 0. The SMILES string of the molecule is CC(=O)c1ccc(NC(=O)N[C@H](C)CCc2ccccc2)cc1. The van der Waals surface area contributed by atoms with Gasteiger partial charge in [0.05, 0.1) is 0 Å². The molecule has 4 heteroatoms. The van der Waals surface area contributed by atoms with Crippen molar-refractivity contribution in [2.45, 2.75) is 32.7 Å². The maximum atomic E-state index is 12.0. The van der Waals surface area contributed by atoms with E-state index in [0.29, 0.717) is 11.3 Å². The fourth-order valence-corrected chi connectivity index (χ4v) is 2.28. The molecule has 0 aliphatic rings. The quantitative estimate of drug-likeness (QED) is 0.791. The number of carbonyl (C=O) groups excluding carboxylic acids is 2. The molecule has 2 aromatic carbocycles. The predicted octanol–water partition coefficient (Wildman–Crippen LogP) is 4.03. The van der Waals surface area contributed by atoms with Gasteiger partial charge in [-0.3, -0.25) is 4.79 Å². The van der Waals surface area contributed by atoms with E-state index < -0.39 is 0 Å². The molecule has 2 N–H and O–H groups in total. The van der Waals surface area contributed by atoms with Crippen LogP contribution in [0.3, 0.4) is 0 Å². The maximum absolute atomic E-state index is 12.0. The summed E-state index contributed by atoms with van der Waals surface area (Å²) in [7, 11) is 0. The molecule has 2 aromatic rings. The van der Waals surface area contributed by atoms with Crippen LogP contribution in [0, 0.1) is 0 Å². The molecule has 0 saturated carbocycles. The van der Waals surface area contributed by atoms with E-state index in [1.54, 1.807) is 24.3 Å². The highest BCUT2D eigenvalue weighted by atomic mass is 16.2. The second-order valence-electron chi connectivity index (χ2n) is 5.66. The number of carbonyl (C=O) groups is 2. The lowest BCUT2D eigenvalue weighted by Crippen LogP contribution is -2.36. The number of hydrogen-bond donors (Lipinski definition) is 2. The van der Waals surface area contributed by atoms with Gasteiger partial charge >= 0.3 is 6.03 Å². The molecule has 0 aliphatic heterocycles. The van der Waals surface area contributed by atoms with Gasteiger partial charge in [0.2, 0.25) is 0 Å². The Balaban J connectivity index is 1.78. The summed E-state index contributed by atoms with van der Waals surface area (Å²) >= 11 is 0. The van der Waals surface area contributed by atoms with Crippen LogP contribution in [0.25, 0.3) is 0 Å². The number of aryl methyl sites for hydroxylation is 1. The number of amides is 2. The molecule has 120 valence electrons. The first-order valence-electron chi connectivity index (χ1n) is 7.77. The number of rotatable bonds is 6. The Morgan fingerprint density at radius 3 is 2.26 bits per heavy atom. The highest BCUT2D eigenvalue weighted by molar-refractivity contribution is 5.95. The number of benzene rings is 2. The Morgan fingerprint density at radius 1 is 1.00 bits per heavy atom. The maximum Gasteiger partial charge on any atom is 0.319 e. The summed E-state index contributed by atoms with van der Waals surface area (Å²) in [6.07, 6.45) is 1.80. The van der Waals surface area contributed by atoms with Gasteiger partial charge in [0, 0.05) is 17.3 Å². The van der Waals surface area contributed by atoms with Gasteiger partial charge in [-0.05, 0) is 56.5 Å². The molecule has 2 amide bonds. The van der Waals surface area contributed by atoms with E-state index in [-0.39, 0.29) is 17.9 Å². The molecule has 1 atom stereocenters. The van der Waals surface area contributed by atoms with Gasteiger partial charge in [-0.2, -0.15) is 0 Å². The minimum atomic E-state index is -0.235. The summed E-state index contributed by atoms with van der Waals surface area (Å²) in [6, 6.07) is 16.9. The number of anilines is 1. The lowest BCUT2D eigenvalue weighted by molar-refractivity contribution is 0.101. The highest BCUT2D eigenvalue weighted by Gasteiger charge is 2.08. The molecule has 0 radical (unpaired) electrons. The Bertz CT molecular complexity index is 651. The van der Waals surface area contributed by atoms with Crippen LogP contribution in [0.1, 0.15) is 36.2 Å². The lowest BCUT2D eigenvalue weighted by Gasteiger charge is -2.15. The topological polar surface area (TPSA) is 58.2 Å². The Hall–Kier alpha value is -2.62. The highest BCUT2D eigenvalue weighted by Crippen LogP contribution is 2.10. The van der Waals surface area contributed by atoms with E-state index in [2.05, 4.69) is 22.8 Å². The summed E-state index contributed by atoms with van der Waals surface area (Å²) in [5, 5.41) is 5.69. The first-order valence-corrected chi connectivity index (χ1v) is 7.77. The van der Waals surface area contributed by atoms with E-state index in [1.165, 1.54) is 12.5 Å². The van der Waals surface area contributed by atoms with Crippen LogP contribution in [0.5, 0.6) is 0 Å². The van der Waals surface area contributed by atoms with Crippen molar-refractivity contribution >= 4 is 17.5 Å². The largest absolute Gasteiger partial charge is 0.335 e. The van der Waals surface area contributed by atoms with Crippen molar-refractivity contribution in [3.8, 4) is 0 Å². The van der Waals surface area contributed by atoms with E-state index >= 15 is 0 Å². The minimum Gasteiger partial charge on any atom is -0.335 e. The van der Waals surface area contributed by atoms with E-state index in [0.717, 1.165) is 12.8 Å². The minimum absolute atomic E-state index is 0.00976. The monoisotopic (exact) mass is 310 g/mol. The molecule has 4 nitrogen and oxygen atoms in total. The Morgan fingerprint density at radius 2 is 1.65 bits per heavy atom. The third kappa shape index (κ3) is 5.58. The fraction of sp³-hybridized carbons (Fsp3) is 0.263. The average molecular weight is 310 g/mol. The molecule has 2 rings (SSSR count). The zero-order valence-corrected chi connectivity index (χ0v) is 13.5.